The highest BCUT2D eigenvalue weighted by Crippen LogP contribution is 2.54. The van der Waals surface area contributed by atoms with Crippen molar-refractivity contribution in [2.75, 3.05) is 11.4 Å². The molecule has 1 aliphatic carbocycles. The van der Waals surface area contributed by atoms with Crippen molar-refractivity contribution in [3.8, 4) is 17.3 Å². The van der Waals surface area contributed by atoms with Crippen LogP contribution >= 0.6 is 0 Å². The van der Waals surface area contributed by atoms with Gasteiger partial charge in [-0.1, -0.05) is 13.0 Å². The molecule has 1 saturated heterocycles. The highest BCUT2D eigenvalue weighted by atomic mass is 16.2. The van der Waals surface area contributed by atoms with E-state index in [1.54, 1.807) is 17.3 Å². The summed E-state index contributed by atoms with van der Waals surface area (Å²) in [5, 5.41) is 14.4. The van der Waals surface area contributed by atoms with Crippen LogP contribution in [0.4, 0.5) is 5.69 Å². The first-order valence-electron chi connectivity index (χ1n) is 10.3. The second-order valence-corrected chi connectivity index (χ2v) is 8.41. The Kier molecular flexibility index (Phi) is 3.40. The van der Waals surface area contributed by atoms with Crippen LogP contribution in [-0.4, -0.2) is 31.5 Å². The summed E-state index contributed by atoms with van der Waals surface area (Å²) in [4.78, 5) is 19.6. The number of hydrogen-bond donors (Lipinski definition) is 0. The standard InChI is InChI=1S/C23H20N6O/c1-15-12-28(22(30)23(15,14-24)17-5-6-17)19-7-8-26-29-13-16(11-20(19)29)18-3-2-4-21-25-9-10-27(18)21/h2-4,7-11,13,15,17H,5-6,12H2,1H3/t15-,23+/m1/s1. The van der Waals surface area contributed by atoms with Gasteiger partial charge < -0.3 is 4.90 Å². The Morgan fingerprint density at radius 3 is 2.90 bits per heavy atom. The molecule has 7 heteroatoms. The maximum Gasteiger partial charge on any atom is 0.248 e. The topological polar surface area (TPSA) is 78.7 Å². The number of pyridine rings is 1. The normalized spacial score (nSPS) is 24.1. The number of carbonyl (C=O) groups excluding carboxylic acids is 1. The molecular formula is C23H20N6O. The summed E-state index contributed by atoms with van der Waals surface area (Å²) in [6, 6.07) is 12.3. The molecule has 5 heterocycles. The number of nitrogens with zero attached hydrogens (tertiary/aromatic N) is 6. The summed E-state index contributed by atoms with van der Waals surface area (Å²) < 4.78 is 3.84. The van der Waals surface area contributed by atoms with E-state index in [2.05, 4.69) is 22.2 Å². The van der Waals surface area contributed by atoms with Crippen LogP contribution in [0.2, 0.25) is 0 Å². The molecule has 6 rings (SSSR count). The van der Waals surface area contributed by atoms with Gasteiger partial charge in [-0.3, -0.25) is 9.20 Å². The third-order valence-electron chi connectivity index (χ3n) is 6.74. The first kappa shape index (κ1) is 17.2. The lowest BCUT2D eigenvalue weighted by Gasteiger charge is -2.23. The van der Waals surface area contributed by atoms with Crippen molar-refractivity contribution >= 4 is 22.8 Å². The number of carbonyl (C=O) groups is 1. The number of hydrogen-bond acceptors (Lipinski definition) is 4. The minimum Gasteiger partial charge on any atom is -0.309 e. The van der Waals surface area contributed by atoms with Crippen LogP contribution < -0.4 is 4.90 Å². The average Bonchev–Trinajstić information content (AvgIpc) is 3.23. The summed E-state index contributed by atoms with van der Waals surface area (Å²) >= 11 is 0. The number of anilines is 1. The molecule has 0 unspecified atom stereocenters. The van der Waals surface area contributed by atoms with Gasteiger partial charge >= 0.3 is 0 Å². The van der Waals surface area contributed by atoms with Crippen molar-refractivity contribution in [1.29, 1.82) is 5.26 Å². The summed E-state index contributed by atoms with van der Waals surface area (Å²) in [7, 11) is 0. The van der Waals surface area contributed by atoms with Crippen molar-refractivity contribution in [2.24, 2.45) is 17.3 Å². The van der Waals surface area contributed by atoms with Crippen molar-refractivity contribution in [1.82, 2.24) is 19.0 Å². The fraction of sp³-hybridized carbons (Fsp3) is 0.304. The van der Waals surface area contributed by atoms with Gasteiger partial charge in [-0.25, -0.2) is 9.50 Å². The molecule has 2 aliphatic rings. The quantitative estimate of drug-likeness (QED) is 0.530. The third-order valence-corrected chi connectivity index (χ3v) is 6.74. The lowest BCUT2D eigenvalue weighted by atomic mass is 9.75. The Labute approximate surface area is 173 Å². The van der Waals surface area contributed by atoms with Crippen molar-refractivity contribution in [3.63, 3.8) is 0 Å². The minimum absolute atomic E-state index is 0.00449. The Hall–Kier alpha value is -3.66. The predicted molar refractivity (Wildman–Crippen MR) is 112 cm³/mol. The summed E-state index contributed by atoms with van der Waals surface area (Å²) in [5.74, 6) is 0.131. The van der Waals surface area contributed by atoms with E-state index in [1.165, 1.54) is 0 Å². The molecule has 0 aromatic carbocycles. The molecule has 1 amide bonds. The van der Waals surface area contributed by atoms with Crippen LogP contribution in [0.1, 0.15) is 19.8 Å². The van der Waals surface area contributed by atoms with E-state index in [-0.39, 0.29) is 17.7 Å². The van der Waals surface area contributed by atoms with Gasteiger partial charge in [0, 0.05) is 42.8 Å². The van der Waals surface area contributed by atoms with E-state index in [9.17, 15) is 10.1 Å². The minimum atomic E-state index is -0.891. The molecule has 2 atom stereocenters. The van der Waals surface area contributed by atoms with Gasteiger partial charge in [-0.15, -0.1) is 0 Å². The number of aromatic nitrogens is 4. The first-order chi connectivity index (χ1) is 14.6. The van der Waals surface area contributed by atoms with Crippen LogP contribution in [0, 0.1) is 28.6 Å². The zero-order valence-corrected chi connectivity index (χ0v) is 16.6. The Balaban J connectivity index is 1.48. The number of nitriles is 1. The zero-order valence-electron chi connectivity index (χ0n) is 16.6. The van der Waals surface area contributed by atoms with Crippen LogP contribution in [0.5, 0.6) is 0 Å². The molecule has 7 nitrogen and oxygen atoms in total. The van der Waals surface area contributed by atoms with Crippen LogP contribution in [0.3, 0.4) is 0 Å². The molecule has 0 radical (unpaired) electrons. The average molecular weight is 396 g/mol. The lowest BCUT2D eigenvalue weighted by Crippen LogP contribution is -2.37. The maximum atomic E-state index is 13.5. The van der Waals surface area contributed by atoms with E-state index in [0.29, 0.717) is 6.54 Å². The Morgan fingerprint density at radius 1 is 1.23 bits per heavy atom. The molecule has 2 fully saturated rings. The van der Waals surface area contributed by atoms with Gasteiger partial charge in [0.1, 0.15) is 11.1 Å². The number of fused-ring (bicyclic) bond motifs is 2. The van der Waals surface area contributed by atoms with Crippen molar-refractivity contribution < 1.29 is 4.79 Å². The van der Waals surface area contributed by atoms with E-state index in [4.69, 9.17) is 0 Å². The van der Waals surface area contributed by atoms with Gasteiger partial charge in [0.05, 0.1) is 23.0 Å². The monoisotopic (exact) mass is 396 g/mol. The number of imidazole rings is 1. The van der Waals surface area contributed by atoms with Crippen LogP contribution in [-0.2, 0) is 4.79 Å². The fourth-order valence-electron chi connectivity index (χ4n) is 5.06. The van der Waals surface area contributed by atoms with Gasteiger partial charge in [-0.05, 0) is 43.0 Å². The molecule has 4 aromatic heterocycles. The smallest absolute Gasteiger partial charge is 0.248 e. The molecule has 1 saturated carbocycles. The third kappa shape index (κ3) is 2.16. The number of amides is 1. The van der Waals surface area contributed by atoms with Crippen molar-refractivity contribution in [2.45, 2.75) is 19.8 Å². The van der Waals surface area contributed by atoms with Crippen molar-refractivity contribution in [3.05, 3.63) is 55.1 Å². The molecule has 148 valence electrons. The highest BCUT2D eigenvalue weighted by Gasteiger charge is 2.61. The molecular weight excluding hydrogens is 376 g/mol. The van der Waals surface area contributed by atoms with E-state index < -0.39 is 5.41 Å². The number of rotatable bonds is 3. The van der Waals surface area contributed by atoms with E-state index >= 15 is 0 Å². The van der Waals surface area contributed by atoms with Crippen LogP contribution in [0.15, 0.2) is 55.1 Å². The second-order valence-electron chi connectivity index (χ2n) is 8.41. The Morgan fingerprint density at radius 2 is 2.10 bits per heavy atom. The molecule has 0 N–H and O–H groups in total. The lowest BCUT2D eigenvalue weighted by molar-refractivity contribution is -0.124. The molecule has 4 aromatic rings. The highest BCUT2D eigenvalue weighted by molar-refractivity contribution is 6.05. The molecule has 0 spiro atoms. The van der Waals surface area contributed by atoms with E-state index in [1.807, 2.05) is 52.5 Å². The molecule has 1 aliphatic heterocycles. The second kappa shape index (κ2) is 5.92. The summed E-state index contributed by atoms with van der Waals surface area (Å²) in [6.45, 7) is 2.58. The Bertz CT molecular complexity index is 1360. The fourth-order valence-corrected chi connectivity index (χ4v) is 5.06. The van der Waals surface area contributed by atoms with Gasteiger partial charge in [-0.2, -0.15) is 10.4 Å². The summed E-state index contributed by atoms with van der Waals surface area (Å²) in [6.07, 6.45) is 9.33. The summed E-state index contributed by atoms with van der Waals surface area (Å²) in [5.41, 5.74) is 3.65. The predicted octanol–water partition coefficient (Wildman–Crippen LogP) is 3.55. The maximum absolute atomic E-state index is 13.5. The largest absolute Gasteiger partial charge is 0.309 e. The van der Waals surface area contributed by atoms with Gasteiger partial charge in [0.25, 0.3) is 0 Å². The molecule has 30 heavy (non-hydrogen) atoms. The molecule has 0 bridgehead atoms. The van der Waals surface area contributed by atoms with Crippen LogP contribution in [0.25, 0.3) is 22.4 Å². The zero-order chi connectivity index (χ0) is 20.5. The van der Waals surface area contributed by atoms with Gasteiger partial charge in [0.2, 0.25) is 5.91 Å². The SMILES string of the molecule is C[C@@H]1CN(c2ccnn3cc(-c4cccc5nccn45)cc23)C(=O)[C@]1(C#N)C1CC1. The van der Waals surface area contributed by atoms with E-state index in [0.717, 1.165) is 41.0 Å². The first-order valence-corrected chi connectivity index (χ1v) is 10.3. The van der Waals surface area contributed by atoms with Gasteiger partial charge in [0.15, 0.2) is 0 Å².